The minimum atomic E-state index is -0.993. The SMILES string of the molecule is CC(=O)c1ccc(N2CCC[C@H]2C(=O)O)c([N+](=O)[O-])c1. The van der Waals surface area contributed by atoms with E-state index in [2.05, 4.69) is 0 Å². The quantitative estimate of drug-likeness (QED) is 0.512. The molecule has 0 bridgehead atoms. The van der Waals surface area contributed by atoms with E-state index in [1.54, 1.807) is 0 Å². The fourth-order valence-electron chi connectivity index (χ4n) is 2.44. The maximum Gasteiger partial charge on any atom is 0.326 e. The average Bonchev–Trinajstić information content (AvgIpc) is 2.86. The number of carbonyl (C=O) groups is 2. The Labute approximate surface area is 115 Å². The summed E-state index contributed by atoms with van der Waals surface area (Å²) in [4.78, 5) is 34.6. The number of Topliss-reactive ketones (excluding diaryl/α,β-unsaturated/α-hetero) is 1. The van der Waals surface area contributed by atoms with Gasteiger partial charge >= 0.3 is 5.97 Å². The molecule has 1 saturated heterocycles. The summed E-state index contributed by atoms with van der Waals surface area (Å²) >= 11 is 0. The van der Waals surface area contributed by atoms with Gasteiger partial charge in [-0.1, -0.05) is 0 Å². The third-order valence-corrected chi connectivity index (χ3v) is 3.43. The first-order valence-corrected chi connectivity index (χ1v) is 6.20. The van der Waals surface area contributed by atoms with E-state index in [9.17, 15) is 19.7 Å². The molecule has 0 saturated carbocycles. The van der Waals surface area contributed by atoms with Crippen molar-refractivity contribution in [3.63, 3.8) is 0 Å². The van der Waals surface area contributed by atoms with Crippen LogP contribution in [0.2, 0.25) is 0 Å². The van der Waals surface area contributed by atoms with E-state index < -0.39 is 16.9 Å². The van der Waals surface area contributed by atoms with Crippen molar-refractivity contribution < 1.29 is 19.6 Å². The fourth-order valence-corrected chi connectivity index (χ4v) is 2.44. The van der Waals surface area contributed by atoms with Crippen molar-refractivity contribution in [3.05, 3.63) is 33.9 Å². The molecule has 1 fully saturated rings. The highest BCUT2D eigenvalue weighted by atomic mass is 16.6. The summed E-state index contributed by atoms with van der Waals surface area (Å²) in [6.45, 7) is 1.78. The predicted molar refractivity (Wildman–Crippen MR) is 71.1 cm³/mol. The van der Waals surface area contributed by atoms with Gasteiger partial charge in [0.25, 0.3) is 5.69 Å². The van der Waals surface area contributed by atoms with Crippen LogP contribution in [0.4, 0.5) is 11.4 Å². The highest BCUT2D eigenvalue weighted by Crippen LogP contribution is 2.34. The van der Waals surface area contributed by atoms with Gasteiger partial charge in [0.05, 0.1) is 4.92 Å². The van der Waals surface area contributed by atoms with Gasteiger partial charge in [-0.05, 0) is 31.9 Å². The number of hydrogen-bond acceptors (Lipinski definition) is 5. The fraction of sp³-hybridized carbons (Fsp3) is 0.385. The Hall–Kier alpha value is -2.44. The Bertz CT molecular complexity index is 584. The molecule has 0 unspecified atom stereocenters. The van der Waals surface area contributed by atoms with E-state index in [0.29, 0.717) is 19.4 Å². The van der Waals surface area contributed by atoms with Gasteiger partial charge < -0.3 is 10.0 Å². The molecular formula is C13H14N2O5. The summed E-state index contributed by atoms with van der Waals surface area (Å²) < 4.78 is 0. The lowest BCUT2D eigenvalue weighted by molar-refractivity contribution is -0.384. The lowest BCUT2D eigenvalue weighted by Gasteiger charge is -2.23. The van der Waals surface area contributed by atoms with Crippen molar-refractivity contribution in [3.8, 4) is 0 Å². The maximum atomic E-state index is 11.3. The minimum Gasteiger partial charge on any atom is -0.480 e. The highest BCUT2D eigenvalue weighted by molar-refractivity contribution is 5.95. The van der Waals surface area contributed by atoms with Gasteiger partial charge in [-0.15, -0.1) is 0 Å². The highest BCUT2D eigenvalue weighted by Gasteiger charge is 2.34. The van der Waals surface area contributed by atoms with E-state index in [0.717, 1.165) is 0 Å². The molecule has 0 aliphatic carbocycles. The Balaban J connectivity index is 2.48. The molecule has 0 spiro atoms. The molecule has 1 aliphatic rings. The summed E-state index contributed by atoms with van der Waals surface area (Å²) in [5.74, 6) is -1.26. The van der Waals surface area contributed by atoms with Crippen LogP contribution < -0.4 is 4.90 Å². The standard InChI is InChI=1S/C13H14N2O5/c1-8(16)9-4-5-10(12(7-9)15(19)20)14-6-2-3-11(14)13(17)18/h4-5,7,11H,2-3,6H2,1H3,(H,17,18)/t11-/m0/s1. The summed E-state index contributed by atoms with van der Waals surface area (Å²) in [6, 6.07) is 3.39. The van der Waals surface area contributed by atoms with Crippen LogP contribution in [0.25, 0.3) is 0 Å². The van der Waals surface area contributed by atoms with Crippen LogP contribution in [0, 0.1) is 10.1 Å². The van der Waals surface area contributed by atoms with E-state index in [1.165, 1.54) is 30.0 Å². The number of carboxylic acid groups (broad SMARTS) is 1. The molecule has 0 aromatic heterocycles. The van der Waals surface area contributed by atoms with Crippen molar-refractivity contribution >= 4 is 23.1 Å². The number of nitro groups is 1. The van der Waals surface area contributed by atoms with Crippen LogP contribution in [0.1, 0.15) is 30.1 Å². The zero-order chi connectivity index (χ0) is 14.9. The second kappa shape index (κ2) is 5.28. The van der Waals surface area contributed by atoms with Gasteiger partial charge in [0.2, 0.25) is 0 Å². The van der Waals surface area contributed by atoms with E-state index in [-0.39, 0.29) is 22.7 Å². The molecule has 1 atom stereocenters. The number of carboxylic acids is 1. The molecule has 1 aromatic rings. The van der Waals surface area contributed by atoms with Crippen molar-refractivity contribution in [2.75, 3.05) is 11.4 Å². The van der Waals surface area contributed by atoms with E-state index >= 15 is 0 Å². The third-order valence-electron chi connectivity index (χ3n) is 3.43. The molecule has 0 radical (unpaired) electrons. The number of ketones is 1. The lowest BCUT2D eigenvalue weighted by Crippen LogP contribution is -2.36. The van der Waals surface area contributed by atoms with Gasteiger partial charge in [0.15, 0.2) is 5.78 Å². The van der Waals surface area contributed by atoms with Gasteiger partial charge in [0.1, 0.15) is 11.7 Å². The molecular weight excluding hydrogens is 264 g/mol. The number of carbonyl (C=O) groups excluding carboxylic acids is 1. The number of nitrogens with zero attached hydrogens (tertiary/aromatic N) is 2. The van der Waals surface area contributed by atoms with Gasteiger partial charge in [0, 0.05) is 18.2 Å². The molecule has 106 valence electrons. The molecule has 2 rings (SSSR count). The second-order valence-corrected chi connectivity index (χ2v) is 4.71. The number of aliphatic carboxylic acids is 1. The number of anilines is 1. The molecule has 20 heavy (non-hydrogen) atoms. The molecule has 7 nitrogen and oxygen atoms in total. The normalized spacial score (nSPS) is 18.1. The van der Waals surface area contributed by atoms with Crippen molar-refractivity contribution in [1.82, 2.24) is 0 Å². The Kier molecular flexibility index (Phi) is 3.69. The molecule has 1 heterocycles. The number of nitro benzene ring substituents is 1. The lowest BCUT2D eigenvalue weighted by atomic mass is 10.1. The first kappa shape index (κ1) is 14.0. The smallest absolute Gasteiger partial charge is 0.326 e. The first-order valence-electron chi connectivity index (χ1n) is 6.20. The molecule has 1 N–H and O–H groups in total. The minimum absolute atomic E-state index is 0.231. The molecule has 1 aromatic carbocycles. The average molecular weight is 278 g/mol. The van der Waals surface area contributed by atoms with Gasteiger partial charge in [-0.3, -0.25) is 14.9 Å². The predicted octanol–water partition coefficient (Wildman–Crippen LogP) is 1.85. The molecule has 0 amide bonds. The van der Waals surface area contributed by atoms with Crippen LogP contribution in [0.15, 0.2) is 18.2 Å². The Morgan fingerprint density at radius 3 is 2.70 bits per heavy atom. The van der Waals surface area contributed by atoms with Crippen LogP contribution in [-0.2, 0) is 4.79 Å². The summed E-state index contributed by atoms with van der Waals surface area (Å²) in [6.07, 6.45) is 1.13. The molecule has 1 aliphatic heterocycles. The van der Waals surface area contributed by atoms with Gasteiger partial charge in [-0.25, -0.2) is 4.79 Å². The van der Waals surface area contributed by atoms with E-state index in [4.69, 9.17) is 5.11 Å². The van der Waals surface area contributed by atoms with Crippen molar-refractivity contribution in [2.24, 2.45) is 0 Å². The van der Waals surface area contributed by atoms with Crippen molar-refractivity contribution in [2.45, 2.75) is 25.8 Å². The van der Waals surface area contributed by atoms with Crippen LogP contribution in [0.3, 0.4) is 0 Å². The zero-order valence-electron chi connectivity index (χ0n) is 10.9. The summed E-state index contributed by atoms with van der Waals surface area (Å²) in [7, 11) is 0. The maximum absolute atomic E-state index is 11.3. The van der Waals surface area contributed by atoms with Crippen LogP contribution in [0.5, 0.6) is 0 Å². The van der Waals surface area contributed by atoms with E-state index in [1.807, 2.05) is 0 Å². The van der Waals surface area contributed by atoms with Crippen LogP contribution in [-0.4, -0.2) is 34.4 Å². The first-order chi connectivity index (χ1) is 9.41. The zero-order valence-corrected chi connectivity index (χ0v) is 10.9. The summed E-state index contributed by atoms with van der Waals surface area (Å²) in [5, 5.41) is 20.3. The number of hydrogen-bond donors (Lipinski definition) is 1. The topological polar surface area (TPSA) is 101 Å². The monoisotopic (exact) mass is 278 g/mol. The van der Waals surface area contributed by atoms with Crippen molar-refractivity contribution in [1.29, 1.82) is 0 Å². The largest absolute Gasteiger partial charge is 0.480 e. The van der Waals surface area contributed by atoms with Gasteiger partial charge in [-0.2, -0.15) is 0 Å². The second-order valence-electron chi connectivity index (χ2n) is 4.71. The summed E-state index contributed by atoms with van der Waals surface area (Å²) in [5.41, 5.74) is 0.266. The number of rotatable bonds is 4. The van der Waals surface area contributed by atoms with Crippen LogP contribution >= 0.6 is 0 Å². The molecule has 7 heteroatoms. The third kappa shape index (κ3) is 2.47. The Morgan fingerprint density at radius 2 is 2.15 bits per heavy atom. The number of benzene rings is 1. The Morgan fingerprint density at radius 1 is 1.45 bits per heavy atom.